The Morgan fingerprint density at radius 1 is 1.33 bits per heavy atom. The molecule has 0 spiro atoms. The zero-order valence-electron chi connectivity index (χ0n) is 9.91. The average Bonchev–Trinajstić information content (AvgIpc) is 3.05. The van der Waals surface area contributed by atoms with E-state index >= 15 is 0 Å². The van der Waals surface area contributed by atoms with Gasteiger partial charge in [-0.05, 0) is 32.9 Å². The van der Waals surface area contributed by atoms with Crippen LogP contribution >= 0.6 is 0 Å². The van der Waals surface area contributed by atoms with E-state index < -0.39 is 0 Å². The van der Waals surface area contributed by atoms with Gasteiger partial charge in [0.05, 0.1) is 0 Å². The van der Waals surface area contributed by atoms with E-state index in [1.165, 1.54) is 12.8 Å². The van der Waals surface area contributed by atoms with E-state index in [4.69, 9.17) is 5.73 Å². The number of carbonyl (C=O) groups excluding carboxylic acids is 1. The smallest absolute Gasteiger partial charge is 0.223 e. The zero-order valence-corrected chi connectivity index (χ0v) is 9.91. The molecule has 0 bridgehead atoms. The van der Waals surface area contributed by atoms with Crippen molar-refractivity contribution in [3.63, 3.8) is 0 Å². The van der Waals surface area contributed by atoms with Crippen molar-refractivity contribution in [3.05, 3.63) is 0 Å². The highest BCUT2D eigenvalue weighted by Crippen LogP contribution is 2.25. The van der Waals surface area contributed by atoms with E-state index in [0.717, 1.165) is 25.6 Å². The maximum atomic E-state index is 11.7. The molecule has 1 fully saturated rings. The monoisotopic (exact) mass is 213 g/mol. The first-order chi connectivity index (χ1) is 7.15. The topological polar surface area (TPSA) is 49.6 Å². The van der Waals surface area contributed by atoms with Gasteiger partial charge in [0.1, 0.15) is 0 Å². The van der Waals surface area contributed by atoms with E-state index in [2.05, 4.69) is 11.9 Å². The summed E-state index contributed by atoms with van der Waals surface area (Å²) >= 11 is 0. The van der Waals surface area contributed by atoms with Crippen LogP contribution in [0.2, 0.25) is 0 Å². The molecule has 15 heavy (non-hydrogen) atoms. The van der Waals surface area contributed by atoms with Crippen LogP contribution in [-0.2, 0) is 4.79 Å². The Morgan fingerprint density at radius 3 is 2.53 bits per heavy atom. The van der Waals surface area contributed by atoms with Crippen molar-refractivity contribution in [2.24, 2.45) is 5.73 Å². The third kappa shape index (κ3) is 4.62. The minimum atomic E-state index is 0.232. The first-order valence-electron chi connectivity index (χ1n) is 5.79. The van der Waals surface area contributed by atoms with Gasteiger partial charge >= 0.3 is 0 Å². The van der Waals surface area contributed by atoms with Crippen LogP contribution in [0.5, 0.6) is 0 Å². The van der Waals surface area contributed by atoms with E-state index in [0.29, 0.717) is 13.0 Å². The first-order valence-corrected chi connectivity index (χ1v) is 5.79. The van der Waals surface area contributed by atoms with Gasteiger partial charge in [-0.2, -0.15) is 0 Å². The fourth-order valence-electron chi connectivity index (χ4n) is 1.61. The molecule has 0 aromatic heterocycles. The number of nitrogens with zero attached hydrogens (tertiary/aromatic N) is 2. The van der Waals surface area contributed by atoms with Gasteiger partial charge in [0.25, 0.3) is 0 Å². The molecule has 0 unspecified atom stereocenters. The van der Waals surface area contributed by atoms with Gasteiger partial charge < -0.3 is 15.5 Å². The van der Waals surface area contributed by atoms with Crippen LogP contribution < -0.4 is 5.73 Å². The highest BCUT2D eigenvalue weighted by molar-refractivity contribution is 5.76. The van der Waals surface area contributed by atoms with Crippen molar-refractivity contribution in [1.29, 1.82) is 0 Å². The molecule has 2 N–H and O–H groups in total. The molecule has 0 aliphatic heterocycles. The van der Waals surface area contributed by atoms with Crippen LogP contribution in [-0.4, -0.2) is 55.5 Å². The lowest BCUT2D eigenvalue weighted by molar-refractivity contribution is -0.130. The third-order valence-corrected chi connectivity index (χ3v) is 2.97. The zero-order chi connectivity index (χ0) is 11.3. The summed E-state index contributed by atoms with van der Waals surface area (Å²) in [6.07, 6.45) is 4.12. The SMILES string of the molecule is CN(CCCN)C(=O)CCN(C)C1CC1. The molecular formula is C11H23N3O. The maximum absolute atomic E-state index is 11.7. The number of carbonyl (C=O) groups is 1. The van der Waals surface area contributed by atoms with Crippen molar-refractivity contribution in [2.45, 2.75) is 31.7 Å². The Hall–Kier alpha value is -0.610. The van der Waals surface area contributed by atoms with Gasteiger partial charge in [-0.3, -0.25) is 4.79 Å². The van der Waals surface area contributed by atoms with Gasteiger partial charge in [0.15, 0.2) is 0 Å². The van der Waals surface area contributed by atoms with Crippen LogP contribution in [0.1, 0.15) is 25.7 Å². The van der Waals surface area contributed by atoms with Crippen LogP contribution in [0, 0.1) is 0 Å². The molecule has 1 aliphatic rings. The van der Waals surface area contributed by atoms with Crippen molar-refractivity contribution in [3.8, 4) is 0 Å². The first kappa shape index (κ1) is 12.5. The average molecular weight is 213 g/mol. The molecule has 88 valence electrons. The minimum Gasteiger partial charge on any atom is -0.346 e. The molecule has 0 saturated heterocycles. The molecule has 0 aromatic rings. The van der Waals surface area contributed by atoms with Crippen LogP contribution in [0.4, 0.5) is 0 Å². The predicted octanol–water partition coefficient (Wildman–Crippen LogP) is 0.278. The quantitative estimate of drug-likeness (QED) is 0.661. The maximum Gasteiger partial charge on any atom is 0.223 e. The van der Waals surface area contributed by atoms with Crippen LogP contribution in [0.3, 0.4) is 0 Å². The highest BCUT2D eigenvalue weighted by atomic mass is 16.2. The molecule has 1 saturated carbocycles. The molecule has 0 heterocycles. The number of amides is 1. The molecule has 0 atom stereocenters. The molecule has 4 nitrogen and oxygen atoms in total. The largest absolute Gasteiger partial charge is 0.346 e. The van der Waals surface area contributed by atoms with Crippen LogP contribution in [0.25, 0.3) is 0 Å². The number of hydrogen-bond acceptors (Lipinski definition) is 3. The van der Waals surface area contributed by atoms with Crippen molar-refractivity contribution < 1.29 is 4.79 Å². The predicted molar refractivity (Wildman–Crippen MR) is 61.6 cm³/mol. The second-order valence-electron chi connectivity index (χ2n) is 4.42. The van der Waals surface area contributed by atoms with E-state index in [1.54, 1.807) is 4.90 Å². The summed E-state index contributed by atoms with van der Waals surface area (Å²) in [5, 5.41) is 0. The Labute approximate surface area is 92.4 Å². The summed E-state index contributed by atoms with van der Waals surface area (Å²) in [6.45, 7) is 2.32. The van der Waals surface area contributed by atoms with Crippen LogP contribution in [0.15, 0.2) is 0 Å². The molecule has 0 aromatic carbocycles. The Balaban J connectivity index is 2.10. The lowest BCUT2D eigenvalue weighted by Gasteiger charge is -2.19. The molecule has 1 aliphatic carbocycles. The lowest BCUT2D eigenvalue weighted by atomic mass is 10.3. The van der Waals surface area contributed by atoms with Gasteiger partial charge in [-0.1, -0.05) is 0 Å². The summed E-state index contributed by atoms with van der Waals surface area (Å²) in [4.78, 5) is 15.7. The van der Waals surface area contributed by atoms with E-state index in [9.17, 15) is 4.79 Å². The molecule has 1 amide bonds. The van der Waals surface area contributed by atoms with E-state index in [1.807, 2.05) is 7.05 Å². The van der Waals surface area contributed by atoms with Crippen molar-refractivity contribution in [1.82, 2.24) is 9.80 Å². The summed E-state index contributed by atoms with van der Waals surface area (Å²) in [5.41, 5.74) is 5.40. The number of rotatable bonds is 7. The summed E-state index contributed by atoms with van der Waals surface area (Å²) in [6, 6.07) is 0.743. The Morgan fingerprint density at radius 2 is 2.00 bits per heavy atom. The number of nitrogens with two attached hydrogens (primary N) is 1. The third-order valence-electron chi connectivity index (χ3n) is 2.97. The summed E-state index contributed by atoms with van der Waals surface area (Å²) in [5.74, 6) is 0.232. The highest BCUT2D eigenvalue weighted by Gasteiger charge is 2.26. The lowest BCUT2D eigenvalue weighted by Crippen LogP contribution is -2.32. The fraction of sp³-hybridized carbons (Fsp3) is 0.909. The molecule has 1 rings (SSSR count). The number of hydrogen-bond donors (Lipinski definition) is 1. The normalized spacial score (nSPS) is 15.7. The van der Waals surface area contributed by atoms with Gasteiger partial charge in [0, 0.05) is 32.6 Å². The standard InChI is InChI=1S/C11H23N3O/c1-13(10-4-5-10)9-6-11(15)14(2)8-3-7-12/h10H,3-9,12H2,1-2H3. The van der Waals surface area contributed by atoms with Crippen molar-refractivity contribution >= 4 is 5.91 Å². The molecular weight excluding hydrogens is 190 g/mol. The molecule has 4 heteroatoms. The van der Waals surface area contributed by atoms with Gasteiger partial charge in [0.2, 0.25) is 5.91 Å². The fourth-order valence-corrected chi connectivity index (χ4v) is 1.61. The van der Waals surface area contributed by atoms with Gasteiger partial charge in [-0.25, -0.2) is 0 Å². The van der Waals surface area contributed by atoms with Crippen molar-refractivity contribution in [2.75, 3.05) is 33.7 Å². The Kier molecular flexibility index (Phi) is 5.05. The molecule has 0 radical (unpaired) electrons. The summed E-state index contributed by atoms with van der Waals surface area (Å²) < 4.78 is 0. The second-order valence-corrected chi connectivity index (χ2v) is 4.42. The minimum absolute atomic E-state index is 0.232. The Bertz CT molecular complexity index is 204. The second kappa shape index (κ2) is 6.08. The van der Waals surface area contributed by atoms with Gasteiger partial charge in [-0.15, -0.1) is 0 Å². The van der Waals surface area contributed by atoms with E-state index in [-0.39, 0.29) is 5.91 Å². The summed E-state index contributed by atoms with van der Waals surface area (Å²) in [7, 11) is 3.96.